The molecule has 0 aromatic rings. The van der Waals surface area contributed by atoms with Crippen molar-refractivity contribution in [3.63, 3.8) is 0 Å². The van der Waals surface area contributed by atoms with E-state index in [1.807, 2.05) is 13.8 Å². The van der Waals surface area contributed by atoms with E-state index in [1.165, 1.54) is 0 Å². The molecule has 13 heavy (non-hydrogen) atoms. The number of allylic oxidation sites excluding steroid dienone is 1. The molecule has 0 aliphatic heterocycles. The highest BCUT2D eigenvalue weighted by atomic mass is 16.3. The Bertz CT molecular complexity index is 219. The van der Waals surface area contributed by atoms with E-state index in [1.54, 1.807) is 6.08 Å². The Hall–Kier alpha value is -0.830. The predicted molar refractivity (Wildman–Crippen MR) is 51.2 cm³/mol. The number of aliphatic hydroxyl groups excluding tert-OH is 1. The zero-order valence-corrected chi connectivity index (χ0v) is 8.21. The molecule has 1 fully saturated rings. The van der Waals surface area contributed by atoms with E-state index >= 15 is 0 Å². The van der Waals surface area contributed by atoms with E-state index in [4.69, 9.17) is 0 Å². The van der Waals surface area contributed by atoms with Gasteiger partial charge < -0.3 is 10.4 Å². The zero-order valence-electron chi connectivity index (χ0n) is 8.21. The molecule has 0 aromatic carbocycles. The normalized spacial score (nSPS) is 27.0. The van der Waals surface area contributed by atoms with Gasteiger partial charge in [-0.15, -0.1) is 0 Å². The summed E-state index contributed by atoms with van der Waals surface area (Å²) >= 11 is 0. The fourth-order valence-electron chi connectivity index (χ4n) is 1.60. The minimum absolute atomic E-state index is 0.0388. The lowest BCUT2D eigenvalue weighted by Crippen LogP contribution is -2.39. The molecule has 0 heterocycles. The van der Waals surface area contributed by atoms with Crippen LogP contribution in [0.3, 0.4) is 0 Å². The third kappa shape index (κ3) is 3.19. The maximum absolute atomic E-state index is 11.3. The second-order valence-corrected chi connectivity index (χ2v) is 3.84. The van der Waals surface area contributed by atoms with Crippen molar-refractivity contribution in [3.05, 3.63) is 11.6 Å². The molecule has 3 heteroatoms. The number of carbonyl (C=O) groups is 1. The van der Waals surface area contributed by atoms with Crippen molar-refractivity contribution in [1.29, 1.82) is 0 Å². The van der Waals surface area contributed by atoms with Crippen molar-refractivity contribution in [2.45, 2.75) is 45.3 Å². The Morgan fingerprint density at radius 3 is 2.62 bits per heavy atom. The van der Waals surface area contributed by atoms with Crippen molar-refractivity contribution in [2.75, 3.05) is 0 Å². The minimum atomic E-state index is -0.352. The smallest absolute Gasteiger partial charge is 0.244 e. The van der Waals surface area contributed by atoms with Crippen LogP contribution in [-0.2, 0) is 4.79 Å². The van der Waals surface area contributed by atoms with Crippen LogP contribution in [0.2, 0.25) is 0 Å². The van der Waals surface area contributed by atoms with Gasteiger partial charge >= 0.3 is 0 Å². The fraction of sp³-hybridized carbons (Fsp3) is 0.700. The van der Waals surface area contributed by atoms with Crippen molar-refractivity contribution in [1.82, 2.24) is 5.32 Å². The van der Waals surface area contributed by atoms with Gasteiger partial charge in [-0.25, -0.2) is 0 Å². The lowest BCUT2D eigenvalue weighted by Gasteiger charge is -2.14. The molecule has 2 unspecified atom stereocenters. The monoisotopic (exact) mass is 183 g/mol. The van der Waals surface area contributed by atoms with Crippen molar-refractivity contribution in [2.24, 2.45) is 0 Å². The highest BCUT2D eigenvalue weighted by molar-refractivity contribution is 5.88. The van der Waals surface area contributed by atoms with Crippen LogP contribution >= 0.6 is 0 Å². The van der Waals surface area contributed by atoms with Crippen LogP contribution in [0.25, 0.3) is 0 Å². The van der Waals surface area contributed by atoms with Crippen molar-refractivity contribution >= 4 is 5.91 Å². The number of hydrogen-bond acceptors (Lipinski definition) is 2. The Labute approximate surface area is 78.8 Å². The maximum Gasteiger partial charge on any atom is 0.244 e. The summed E-state index contributed by atoms with van der Waals surface area (Å²) in [7, 11) is 0. The van der Waals surface area contributed by atoms with E-state index in [0.717, 1.165) is 24.8 Å². The molecule has 74 valence electrons. The molecule has 3 nitrogen and oxygen atoms in total. The standard InChI is InChI=1S/C10H17NO2/c1-7(2)6-10(13)11-8-4-3-5-9(8)12/h6,8-9,12H,3-5H2,1-2H3,(H,11,13). The molecule has 0 bridgehead atoms. The molecule has 1 aliphatic carbocycles. The first kappa shape index (κ1) is 10.3. The van der Waals surface area contributed by atoms with Gasteiger partial charge in [0.15, 0.2) is 0 Å². The van der Waals surface area contributed by atoms with Crippen LogP contribution in [-0.4, -0.2) is 23.2 Å². The van der Waals surface area contributed by atoms with E-state index < -0.39 is 0 Å². The molecule has 1 amide bonds. The summed E-state index contributed by atoms with van der Waals surface area (Å²) in [6, 6.07) is -0.0388. The number of aliphatic hydroxyl groups is 1. The SMILES string of the molecule is CC(C)=CC(=O)NC1CCCC1O. The van der Waals surface area contributed by atoms with Crippen LogP contribution < -0.4 is 5.32 Å². The van der Waals surface area contributed by atoms with Crippen LogP contribution in [0.5, 0.6) is 0 Å². The van der Waals surface area contributed by atoms with Gasteiger partial charge in [-0.1, -0.05) is 5.57 Å². The van der Waals surface area contributed by atoms with Gasteiger partial charge in [-0.05, 0) is 33.1 Å². The second-order valence-electron chi connectivity index (χ2n) is 3.84. The van der Waals surface area contributed by atoms with E-state index in [-0.39, 0.29) is 18.1 Å². The van der Waals surface area contributed by atoms with Crippen molar-refractivity contribution < 1.29 is 9.90 Å². The first-order valence-corrected chi connectivity index (χ1v) is 4.73. The first-order valence-electron chi connectivity index (χ1n) is 4.73. The van der Waals surface area contributed by atoms with Crippen LogP contribution in [0.4, 0.5) is 0 Å². The van der Waals surface area contributed by atoms with Gasteiger partial charge in [0, 0.05) is 6.08 Å². The number of rotatable bonds is 2. The Kier molecular flexibility index (Phi) is 3.48. The third-order valence-electron chi connectivity index (χ3n) is 2.23. The third-order valence-corrected chi connectivity index (χ3v) is 2.23. The molecule has 2 N–H and O–H groups in total. The fourth-order valence-corrected chi connectivity index (χ4v) is 1.60. The summed E-state index contributed by atoms with van der Waals surface area (Å²) in [5.41, 5.74) is 0.977. The molecule has 1 rings (SSSR count). The predicted octanol–water partition coefficient (Wildman–Crippen LogP) is 0.982. The summed E-state index contributed by atoms with van der Waals surface area (Å²) in [5, 5.41) is 12.2. The Morgan fingerprint density at radius 2 is 2.15 bits per heavy atom. The highest BCUT2D eigenvalue weighted by Crippen LogP contribution is 2.18. The first-order chi connectivity index (χ1) is 6.09. The molecule has 0 radical (unpaired) electrons. The molecular formula is C10H17NO2. The maximum atomic E-state index is 11.3. The number of amides is 1. The average molecular weight is 183 g/mol. The number of nitrogens with one attached hydrogen (secondary N) is 1. The van der Waals surface area contributed by atoms with E-state index in [9.17, 15) is 9.90 Å². The zero-order chi connectivity index (χ0) is 9.84. The second kappa shape index (κ2) is 4.42. The van der Waals surface area contributed by atoms with E-state index in [2.05, 4.69) is 5.32 Å². The highest BCUT2D eigenvalue weighted by Gasteiger charge is 2.25. The van der Waals surface area contributed by atoms with Gasteiger partial charge in [-0.2, -0.15) is 0 Å². The van der Waals surface area contributed by atoms with Gasteiger partial charge in [0.25, 0.3) is 0 Å². The quantitative estimate of drug-likeness (QED) is 0.627. The van der Waals surface area contributed by atoms with Gasteiger partial charge in [-0.3, -0.25) is 4.79 Å². The lowest BCUT2D eigenvalue weighted by atomic mass is 10.2. The van der Waals surface area contributed by atoms with Crippen LogP contribution in [0.15, 0.2) is 11.6 Å². The minimum Gasteiger partial charge on any atom is -0.391 e. The largest absolute Gasteiger partial charge is 0.391 e. The average Bonchev–Trinajstić information content (AvgIpc) is 2.34. The topological polar surface area (TPSA) is 49.3 Å². The lowest BCUT2D eigenvalue weighted by molar-refractivity contribution is -0.117. The molecule has 0 aromatic heterocycles. The summed E-state index contributed by atoms with van der Waals surface area (Å²) in [5.74, 6) is -0.0917. The summed E-state index contributed by atoms with van der Waals surface area (Å²) in [4.78, 5) is 11.3. The molecule has 2 atom stereocenters. The molecule has 0 saturated heterocycles. The molecule has 0 spiro atoms. The summed E-state index contributed by atoms with van der Waals surface area (Å²) < 4.78 is 0. The Balaban J connectivity index is 2.40. The summed E-state index contributed by atoms with van der Waals surface area (Å²) in [6.07, 6.45) is 3.91. The Morgan fingerprint density at radius 1 is 1.46 bits per heavy atom. The van der Waals surface area contributed by atoms with Crippen molar-refractivity contribution in [3.8, 4) is 0 Å². The number of hydrogen-bond donors (Lipinski definition) is 2. The van der Waals surface area contributed by atoms with Crippen LogP contribution in [0, 0.1) is 0 Å². The van der Waals surface area contributed by atoms with Gasteiger partial charge in [0.2, 0.25) is 5.91 Å². The van der Waals surface area contributed by atoms with E-state index in [0.29, 0.717) is 0 Å². The molecular weight excluding hydrogens is 166 g/mol. The number of carbonyl (C=O) groups excluding carboxylic acids is 1. The van der Waals surface area contributed by atoms with Gasteiger partial charge in [0.05, 0.1) is 12.1 Å². The van der Waals surface area contributed by atoms with Gasteiger partial charge in [0.1, 0.15) is 0 Å². The molecule has 1 saturated carbocycles. The van der Waals surface area contributed by atoms with Crippen LogP contribution in [0.1, 0.15) is 33.1 Å². The molecule has 1 aliphatic rings. The summed E-state index contributed by atoms with van der Waals surface area (Å²) in [6.45, 7) is 3.76.